The Bertz CT molecular complexity index is 397. The maximum atomic E-state index is 12.2. The molecular weight excluding hydrogens is 302 g/mol. The summed E-state index contributed by atoms with van der Waals surface area (Å²) in [5.74, 6) is 1.06. The van der Waals surface area contributed by atoms with Crippen LogP contribution in [0.5, 0.6) is 0 Å². The Balaban J connectivity index is 1.61. The monoisotopic (exact) mass is 337 g/mol. The molecule has 0 bridgehead atoms. The SMILES string of the molecule is CC(N)CCNC(=O)C1CCC(NC(=O)CC2CCCCC2)CC1. The Hall–Kier alpha value is -1.10. The van der Waals surface area contributed by atoms with Crippen LogP contribution in [0.4, 0.5) is 0 Å². The average molecular weight is 338 g/mol. The Morgan fingerprint density at radius 2 is 1.71 bits per heavy atom. The van der Waals surface area contributed by atoms with Gasteiger partial charge in [0.15, 0.2) is 0 Å². The second-order valence-electron chi connectivity index (χ2n) is 7.88. The molecule has 138 valence electrons. The Morgan fingerprint density at radius 3 is 2.33 bits per heavy atom. The summed E-state index contributed by atoms with van der Waals surface area (Å²) < 4.78 is 0. The quantitative estimate of drug-likeness (QED) is 0.667. The van der Waals surface area contributed by atoms with Crippen LogP contribution in [0.25, 0.3) is 0 Å². The first-order chi connectivity index (χ1) is 11.5. The number of hydrogen-bond donors (Lipinski definition) is 3. The number of nitrogens with two attached hydrogens (primary N) is 1. The van der Waals surface area contributed by atoms with Crippen LogP contribution in [0.2, 0.25) is 0 Å². The highest BCUT2D eigenvalue weighted by atomic mass is 16.2. The predicted molar refractivity (Wildman–Crippen MR) is 96.4 cm³/mol. The van der Waals surface area contributed by atoms with E-state index in [2.05, 4.69) is 10.6 Å². The van der Waals surface area contributed by atoms with Gasteiger partial charge in [0.2, 0.25) is 11.8 Å². The van der Waals surface area contributed by atoms with E-state index in [4.69, 9.17) is 5.73 Å². The van der Waals surface area contributed by atoms with Crippen LogP contribution in [0, 0.1) is 11.8 Å². The lowest BCUT2D eigenvalue weighted by Crippen LogP contribution is -2.41. The lowest BCUT2D eigenvalue weighted by atomic mass is 9.84. The maximum Gasteiger partial charge on any atom is 0.223 e. The van der Waals surface area contributed by atoms with Gasteiger partial charge >= 0.3 is 0 Å². The topological polar surface area (TPSA) is 84.2 Å². The van der Waals surface area contributed by atoms with Gasteiger partial charge in [-0.3, -0.25) is 9.59 Å². The van der Waals surface area contributed by atoms with Gasteiger partial charge in [0.05, 0.1) is 0 Å². The van der Waals surface area contributed by atoms with Crippen LogP contribution in [0.1, 0.15) is 77.6 Å². The lowest BCUT2D eigenvalue weighted by molar-refractivity contribution is -0.126. The van der Waals surface area contributed by atoms with Gasteiger partial charge in [0, 0.05) is 31.0 Å². The van der Waals surface area contributed by atoms with Crippen molar-refractivity contribution in [1.29, 1.82) is 0 Å². The van der Waals surface area contributed by atoms with Crippen molar-refractivity contribution in [3.63, 3.8) is 0 Å². The van der Waals surface area contributed by atoms with Gasteiger partial charge in [-0.05, 0) is 57.8 Å². The van der Waals surface area contributed by atoms with Crippen molar-refractivity contribution in [3.05, 3.63) is 0 Å². The van der Waals surface area contributed by atoms with E-state index in [1.165, 1.54) is 32.1 Å². The van der Waals surface area contributed by atoms with Crippen molar-refractivity contribution in [1.82, 2.24) is 10.6 Å². The highest BCUT2D eigenvalue weighted by Gasteiger charge is 2.27. The van der Waals surface area contributed by atoms with E-state index >= 15 is 0 Å². The molecule has 2 aliphatic rings. The van der Waals surface area contributed by atoms with E-state index < -0.39 is 0 Å². The summed E-state index contributed by atoms with van der Waals surface area (Å²) in [6.07, 6.45) is 11.4. The molecule has 0 aliphatic heterocycles. The van der Waals surface area contributed by atoms with Gasteiger partial charge in [-0.15, -0.1) is 0 Å². The number of rotatable bonds is 7. The third-order valence-corrected chi connectivity index (χ3v) is 5.56. The molecule has 0 saturated heterocycles. The van der Waals surface area contributed by atoms with Crippen molar-refractivity contribution in [2.45, 2.75) is 89.6 Å². The Labute approximate surface area is 146 Å². The fourth-order valence-electron chi connectivity index (χ4n) is 4.01. The summed E-state index contributed by atoms with van der Waals surface area (Å²) in [7, 11) is 0. The molecule has 2 amide bonds. The zero-order valence-corrected chi connectivity index (χ0v) is 15.2. The highest BCUT2D eigenvalue weighted by Crippen LogP contribution is 2.27. The molecule has 0 aromatic carbocycles. The van der Waals surface area contributed by atoms with Gasteiger partial charge in [0.25, 0.3) is 0 Å². The summed E-state index contributed by atoms with van der Waals surface area (Å²) in [5, 5.41) is 6.18. The van der Waals surface area contributed by atoms with E-state index in [1.807, 2.05) is 6.92 Å². The minimum atomic E-state index is 0.101. The number of carbonyl (C=O) groups is 2. The first-order valence-electron chi connectivity index (χ1n) is 9.87. The molecule has 2 aliphatic carbocycles. The fourth-order valence-corrected chi connectivity index (χ4v) is 4.01. The normalized spacial score (nSPS) is 26.6. The average Bonchev–Trinajstić information content (AvgIpc) is 2.56. The highest BCUT2D eigenvalue weighted by molar-refractivity contribution is 5.79. The first-order valence-corrected chi connectivity index (χ1v) is 9.87. The molecule has 2 fully saturated rings. The second kappa shape index (κ2) is 10.0. The molecule has 0 heterocycles. The van der Waals surface area contributed by atoms with Crippen molar-refractivity contribution < 1.29 is 9.59 Å². The molecule has 0 aromatic rings. The molecule has 1 unspecified atom stereocenters. The fraction of sp³-hybridized carbons (Fsp3) is 0.895. The number of hydrogen-bond acceptors (Lipinski definition) is 3. The van der Waals surface area contributed by atoms with Gasteiger partial charge in [-0.2, -0.15) is 0 Å². The Kier molecular flexibility index (Phi) is 8.03. The number of carbonyl (C=O) groups excluding carboxylic acids is 2. The molecule has 4 N–H and O–H groups in total. The molecule has 0 aromatic heterocycles. The zero-order valence-electron chi connectivity index (χ0n) is 15.2. The largest absolute Gasteiger partial charge is 0.356 e. The van der Waals surface area contributed by atoms with Crippen LogP contribution in [-0.2, 0) is 9.59 Å². The molecule has 0 radical (unpaired) electrons. The minimum Gasteiger partial charge on any atom is -0.356 e. The molecule has 24 heavy (non-hydrogen) atoms. The van der Waals surface area contributed by atoms with Gasteiger partial charge in [0.1, 0.15) is 0 Å². The zero-order chi connectivity index (χ0) is 17.4. The van der Waals surface area contributed by atoms with Gasteiger partial charge in [-0.25, -0.2) is 0 Å². The molecule has 5 heteroatoms. The molecule has 1 atom stereocenters. The van der Waals surface area contributed by atoms with E-state index in [9.17, 15) is 9.59 Å². The molecule has 2 saturated carbocycles. The van der Waals surface area contributed by atoms with Crippen molar-refractivity contribution in [2.24, 2.45) is 17.6 Å². The summed E-state index contributed by atoms with van der Waals surface area (Å²) in [6.45, 7) is 2.61. The predicted octanol–water partition coefficient (Wildman–Crippen LogP) is 2.49. The standard InChI is InChI=1S/C19H35N3O2/c1-14(20)11-12-21-19(24)16-7-9-17(10-8-16)22-18(23)13-15-5-3-2-4-6-15/h14-17H,2-13,20H2,1H3,(H,21,24)(H,22,23). The summed E-state index contributed by atoms with van der Waals surface area (Å²) in [6, 6.07) is 0.384. The number of nitrogens with one attached hydrogen (secondary N) is 2. The van der Waals surface area contributed by atoms with Crippen molar-refractivity contribution >= 4 is 11.8 Å². The third-order valence-electron chi connectivity index (χ3n) is 5.56. The molecular formula is C19H35N3O2. The van der Waals surface area contributed by atoms with Crippen molar-refractivity contribution in [2.75, 3.05) is 6.54 Å². The van der Waals surface area contributed by atoms with Gasteiger partial charge in [-0.1, -0.05) is 19.3 Å². The second-order valence-corrected chi connectivity index (χ2v) is 7.88. The summed E-state index contributed by atoms with van der Waals surface area (Å²) >= 11 is 0. The van der Waals surface area contributed by atoms with Crippen molar-refractivity contribution in [3.8, 4) is 0 Å². The first kappa shape index (κ1) is 19.2. The van der Waals surface area contributed by atoms with E-state index in [-0.39, 0.29) is 29.8 Å². The van der Waals surface area contributed by atoms with Gasteiger partial charge < -0.3 is 16.4 Å². The van der Waals surface area contributed by atoms with E-state index in [0.29, 0.717) is 18.9 Å². The lowest BCUT2D eigenvalue weighted by Gasteiger charge is -2.29. The minimum absolute atomic E-state index is 0.101. The number of amides is 2. The summed E-state index contributed by atoms with van der Waals surface area (Å²) in [4.78, 5) is 24.3. The molecule has 0 spiro atoms. The van der Waals surface area contributed by atoms with Crippen LogP contribution in [-0.4, -0.2) is 30.4 Å². The Morgan fingerprint density at radius 1 is 1.04 bits per heavy atom. The van der Waals surface area contributed by atoms with E-state index in [1.54, 1.807) is 0 Å². The van der Waals surface area contributed by atoms with Crippen LogP contribution >= 0.6 is 0 Å². The van der Waals surface area contributed by atoms with Crippen LogP contribution in [0.15, 0.2) is 0 Å². The van der Waals surface area contributed by atoms with E-state index in [0.717, 1.165) is 32.1 Å². The smallest absolute Gasteiger partial charge is 0.223 e. The third kappa shape index (κ3) is 6.80. The van der Waals surface area contributed by atoms with Crippen LogP contribution in [0.3, 0.4) is 0 Å². The molecule has 5 nitrogen and oxygen atoms in total. The maximum absolute atomic E-state index is 12.2. The molecule has 2 rings (SSSR count). The summed E-state index contributed by atoms with van der Waals surface area (Å²) in [5.41, 5.74) is 5.70. The van der Waals surface area contributed by atoms with Crippen LogP contribution < -0.4 is 16.4 Å².